The van der Waals surface area contributed by atoms with Gasteiger partial charge in [-0.15, -0.1) is 11.3 Å². The van der Waals surface area contributed by atoms with Gasteiger partial charge in [-0.2, -0.15) is 0 Å². The summed E-state index contributed by atoms with van der Waals surface area (Å²) in [4.78, 5) is 12.7. The Kier molecular flexibility index (Phi) is 4.19. The van der Waals surface area contributed by atoms with Gasteiger partial charge in [-0.1, -0.05) is 35.3 Å². The minimum absolute atomic E-state index is 0.365. The first-order valence-electron chi connectivity index (χ1n) is 5.65. The Morgan fingerprint density at radius 2 is 1.89 bits per heavy atom. The summed E-state index contributed by atoms with van der Waals surface area (Å²) in [6.45, 7) is 1.65. The number of carbonyl (C=O) groups is 1. The van der Waals surface area contributed by atoms with Gasteiger partial charge in [0.1, 0.15) is 0 Å². The fourth-order valence-electron chi connectivity index (χ4n) is 2.06. The van der Waals surface area contributed by atoms with Crippen LogP contribution in [0.5, 0.6) is 0 Å². The number of hydrogen-bond acceptors (Lipinski definition) is 2. The number of thiophene rings is 1. The topological polar surface area (TPSA) is 37.3 Å². The van der Waals surface area contributed by atoms with E-state index in [0.717, 1.165) is 4.88 Å². The van der Waals surface area contributed by atoms with Crippen LogP contribution in [0, 0.1) is 0 Å². The van der Waals surface area contributed by atoms with E-state index < -0.39 is 11.4 Å². The van der Waals surface area contributed by atoms with Gasteiger partial charge in [-0.3, -0.25) is 4.79 Å². The van der Waals surface area contributed by atoms with Gasteiger partial charge >= 0.3 is 5.97 Å². The van der Waals surface area contributed by atoms with Crippen LogP contribution in [0.25, 0.3) is 0 Å². The first-order valence-corrected chi connectivity index (χ1v) is 7.29. The van der Waals surface area contributed by atoms with Crippen molar-refractivity contribution < 1.29 is 9.90 Å². The fraction of sp³-hybridized carbons (Fsp3) is 0.214. The minimum Gasteiger partial charge on any atom is -0.481 e. The lowest BCUT2D eigenvalue weighted by Crippen LogP contribution is -2.35. The summed E-state index contributed by atoms with van der Waals surface area (Å²) in [5.74, 6) is -0.934. The summed E-state index contributed by atoms with van der Waals surface area (Å²) in [7, 11) is 0. The first-order chi connectivity index (χ1) is 8.95. The minimum atomic E-state index is -1.14. The van der Waals surface area contributed by atoms with Gasteiger partial charge in [-0.25, -0.2) is 0 Å². The van der Waals surface area contributed by atoms with Gasteiger partial charge in [0.05, 0.1) is 5.41 Å². The van der Waals surface area contributed by atoms with Gasteiger partial charge in [0.15, 0.2) is 0 Å². The van der Waals surface area contributed by atoms with Crippen molar-refractivity contribution in [2.24, 2.45) is 0 Å². The van der Waals surface area contributed by atoms with Crippen LogP contribution in [0.1, 0.15) is 17.4 Å². The highest BCUT2D eigenvalue weighted by atomic mass is 35.5. The maximum atomic E-state index is 11.7. The van der Waals surface area contributed by atoms with Crippen molar-refractivity contribution in [3.63, 3.8) is 0 Å². The Balaban J connectivity index is 2.53. The van der Waals surface area contributed by atoms with Crippen molar-refractivity contribution in [1.29, 1.82) is 0 Å². The van der Waals surface area contributed by atoms with Crippen LogP contribution >= 0.6 is 34.5 Å². The number of carboxylic acids is 1. The van der Waals surface area contributed by atoms with E-state index in [-0.39, 0.29) is 0 Å². The maximum Gasteiger partial charge on any atom is 0.314 e. The molecule has 1 unspecified atom stereocenters. The number of carboxylic acid groups (broad SMARTS) is 1. The van der Waals surface area contributed by atoms with Crippen molar-refractivity contribution in [2.45, 2.75) is 18.8 Å². The van der Waals surface area contributed by atoms with E-state index in [0.29, 0.717) is 22.0 Å². The SMILES string of the molecule is CC(Cc1cccs1)(C(=O)O)c1c(Cl)cccc1Cl. The summed E-state index contributed by atoms with van der Waals surface area (Å²) >= 11 is 13.8. The highest BCUT2D eigenvalue weighted by Crippen LogP contribution is 2.39. The second kappa shape index (κ2) is 5.53. The molecular weight excluding hydrogens is 303 g/mol. The molecule has 0 aliphatic carbocycles. The van der Waals surface area contributed by atoms with E-state index >= 15 is 0 Å². The molecule has 0 radical (unpaired) electrons. The van der Waals surface area contributed by atoms with E-state index in [1.807, 2.05) is 17.5 Å². The van der Waals surface area contributed by atoms with Crippen LogP contribution in [-0.4, -0.2) is 11.1 Å². The lowest BCUT2D eigenvalue weighted by Gasteiger charge is -2.27. The third-order valence-electron chi connectivity index (χ3n) is 3.09. The zero-order chi connectivity index (χ0) is 14.0. The largest absolute Gasteiger partial charge is 0.481 e. The third-order valence-corrected chi connectivity index (χ3v) is 4.60. The van der Waals surface area contributed by atoms with Crippen LogP contribution in [0.3, 0.4) is 0 Å². The monoisotopic (exact) mass is 314 g/mol. The summed E-state index contributed by atoms with van der Waals surface area (Å²) < 4.78 is 0. The van der Waals surface area contributed by atoms with Crippen LogP contribution in [0.2, 0.25) is 10.0 Å². The van der Waals surface area contributed by atoms with E-state index in [1.54, 1.807) is 25.1 Å². The molecule has 0 saturated heterocycles. The Labute approximate surface area is 125 Å². The molecular formula is C14H12Cl2O2S. The summed E-state index contributed by atoms with van der Waals surface area (Å²) in [5, 5.41) is 12.3. The molecule has 0 aliphatic heterocycles. The molecule has 0 aliphatic rings. The highest BCUT2D eigenvalue weighted by Gasteiger charge is 2.39. The maximum absolute atomic E-state index is 11.7. The summed E-state index contributed by atoms with van der Waals surface area (Å²) in [5.41, 5.74) is -0.667. The molecule has 2 nitrogen and oxygen atoms in total. The molecule has 1 N–H and O–H groups in total. The first kappa shape index (κ1) is 14.4. The van der Waals surface area contributed by atoms with Gasteiger partial charge in [0.2, 0.25) is 0 Å². The number of halogens is 2. The third kappa shape index (κ3) is 2.78. The zero-order valence-electron chi connectivity index (χ0n) is 10.2. The molecule has 1 heterocycles. The van der Waals surface area contributed by atoms with Crippen molar-refractivity contribution in [1.82, 2.24) is 0 Å². The van der Waals surface area contributed by atoms with Crippen LogP contribution in [-0.2, 0) is 16.6 Å². The molecule has 19 heavy (non-hydrogen) atoms. The molecule has 0 spiro atoms. The molecule has 0 bridgehead atoms. The van der Waals surface area contributed by atoms with E-state index in [9.17, 15) is 9.90 Å². The van der Waals surface area contributed by atoms with Gasteiger partial charge in [0.25, 0.3) is 0 Å². The normalized spacial score (nSPS) is 14.1. The predicted octanol–water partition coefficient (Wildman–Crippen LogP) is 4.64. The number of benzene rings is 1. The summed E-state index contributed by atoms with van der Waals surface area (Å²) in [6, 6.07) is 8.85. The lowest BCUT2D eigenvalue weighted by atomic mass is 9.79. The average molecular weight is 315 g/mol. The van der Waals surface area contributed by atoms with Crippen molar-refractivity contribution in [3.8, 4) is 0 Å². The standard InChI is InChI=1S/C14H12Cl2O2S/c1-14(13(17)18,8-9-4-3-7-19-9)12-10(15)5-2-6-11(12)16/h2-7H,8H2,1H3,(H,17,18). The fourth-order valence-corrected chi connectivity index (χ4v) is 3.73. The predicted molar refractivity (Wildman–Crippen MR) is 79.5 cm³/mol. The highest BCUT2D eigenvalue weighted by molar-refractivity contribution is 7.09. The van der Waals surface area contributed by atoms with Crippen molar-refractivity contribution in [3.05, 3.63) is 56.2 Å². The zero-order valence-corrected chi connectivity index (χ0v) is 12.5. The molecule has 2 rings (SSSR count). The van der Waals surface area contributed by atoms with Crippen LogP contribution < -0.4 is 0 Å². The molecule has 2 aromatic rings. The lowest BCUT2D eigenvalue weighted by molar-refractivity contribution is -0.143. The quantitative estimate of drug-likeness (QED) is 0.892. The Morgan fingerprint density at radius 3 is 2.37 bits per heavy atom. The van der Waals surface area contributed by atoms with Gasteiger partial charge < -0.3 is 5.11 Å². The van der Waals surface area contributed by atoms with E-state index in [2.05, 4.69) is 0 Å². The Hall–Kier alpha value is -1.03. The average Bonchev–Trinajstić information content (AvgIpc) is 2.81. The second-order valence-electron chi connectivity index (χ2n) is 4.49. The smallest absolute Gasteiger partial charge is 0.314 e. The van der Waals surface area contributed by atoms with Gasteiger partial charge in [-0.05, 0) is 30.5 Å². The van der Waals surface area contributed by atoms with E-state index in [1.165, 1.54) is 11.3 Å². The van der Waals surface area contributed by atoms with Crippen LogP contribution in [0.15, 0.2) is 35.7 Å². The molecule has 5 heteroatoms. The molecule has 1 atom stereocenters. The molecule has 0 fully saturated rings. The number of aliphatic carboxylic acids is 1. The summed E-state index contributed by atoms with van der Waals surface area (Å²) in [6.07, 6.45) is 0.365. The molecule has 0 saturated carbocycles. The van der Waals surface area contributed by atoms with Crippen molar-refractivity contribution in [2.75, 3.05) is 0 Å². The Morgan fingerprint density at radius 1 is 1.26 bits per heavy atom. The molecule has 100 valence electrons. The Bertz CT molecular complexity index is 575. The molecule has 1 aromatic carbocycles. The molecule has 1 aromatic heterocycles. The number of hydrogen-bond donors (Lipinski definition) is 1. The van der Waals surface area contributed by atoms with Crippen molar-refractivity contribution >= 4 is 40.5 Å². The van der Waals surface area contributed by atoms with Crippen LogP contribution in [0.4, 0.5) is 0 Å². The second-order valence-corrected chi connectivity index (χ2v) is 6.34. The molecule has 0 amide bonds. The van der Waals surface area contributed by atoms with Gasteiger partial charge in [0, 0.05) is 26.9 Å². The van der Waals surface area contributed by atoms with E-state index in [4.69, 9.17) is 23.2 Å². The number of rotatable bonds is 4.